The van der Waals surface area contributed by atoms with E-state index in [4.69, 9.17) is 16.7 Å². The molecule has 0 aliphatic carbocycles. The lowest BCUT2D eigenvalue weighted by molar-refractivity contribution is 0.0696. The Morgan fingerprint density at radius 1 is 1.23 bits per heavy atom. The van der Waals surface area contributed by atoms with E-state index >= 15 is 0 Å². The average Bonchev–Trinajstić information content (AvgIpc) is 2.46. The molecule has 0 fully saturated rings. The first kappa shape index (κ1) is 14.5. The topological polar surface area (TPSA) is 63.1 Å². The summed E-state index contributed by atoms with van der Waals surface area (Å²) < 4.78 is 0. The number of hydrogen-bond donors (Lipinski definition) is 1. The van der Waals surface area contributed by atoms with E-state index in [1.807, 2.05) is 24.3 Å². The van der Waals surface area contributed by atoms with Crippen molar-refractivity contribution in [2.75, 3.05) is 0 Å². The fraction of sp³-hybridized carbons (Fsp3) is 0.118. The van der Waals surface area contributed by atoms with Crippen molar-refractivity contribution in [3.8, 4) is 0 Å². The standard InChI is InChI=1S/C17H13ClN2O2/c1-10-4-13(17(21)22)8-15(20-10)6-11-2-3-16-12(5-11)7-14(18)9-19-16/h2-5,7-9H,6H2,1H3,(H,21,22). The molecule has 110 valence electrons. The SMILES string of the molecule is Cc1cc(C(=O)O)cc(Cc2ccc3ncc(Cl)cc3c2)n1. The molecule has 2 aromatic heterocycles. The first-order chi connectivity index (χ1) is 10.5. The summed E-state index contributed by atoms with van der Waals surface area (Å²) in [5.74, 6) is -0.943. The highest BCUT2D eigenvalue weighted by Crippen LogP contribution is 2.20. The molecule has 0 aliphatic rings. The van der Waals surface area contributed by atoms with Gasteiger partial charge < -0.3 is 5.11 Å². The molecule has 22 heavy (non-hydrogen) atoms. The zero-order valence-corrected chi connectivity index (χ0v) is 12.6. The molecule has 0 unspecified atom stereocenters. The maximum absolute atomic E-state index is 11.1. The number of halogens is 1. The van der Waals surface area contributed by atoms with Gasteiger partial charge in [-0.15, -0.1) is 0 Å². The summed E-state index contributed by atoms with van der Waals surface area (Å²) >= 11 is 5.97. The number of benzene rings is 1. The Morgan fingerprint density at radius 3 is 2.82 bits per heavy atom. The Kier molecular flexibility index (Phi) is 3.77. The van der Waals surface area contributed by atoms with Crippen LogP contribution in [-0.2, 0) is 6.42 Å². The van der Waals surface area contributed by atoms with Crippen LogP contribution < -0.4 is 0 Å². The predicted octanol–water partition coefficient (Wildman–Crippen LogP) is 3.88. The summed E-state index contributed by atoms with van der Waals surface area (Å²) in [4.78, 5) is 19.8. The lowest BCUT2D eigenvalue weighted by Gasteiger charge is -2.06. The van der Waals surface area contributed by atoms with Crippen LogP contribution in [0.5, 0.6) is 0 Å². The van der Waals surface area contributed by atoms with Crippen LogP contribution in [0, 0.1) is 6.92 Å². The molecule has 0 saturated heterocycles. The van der Waals surface area contributed by atoms with Gasteiger partial charge in [-0.25, -0.2) is 4.79 Å². The normalized spacial score (nSPS) is 10.8. The van der Waals surface area contributed by atoms with Crippen LogP contribution in [0.4, 0.5) is 0 Å². The summed E-state index contributed by atoms with van der Waals surface area (Å²) in [6.45, 7) is 1.79. The van der Waals surface area contributed by atoms with Crippen LogP contribution >= 0.6 is 11.6 Å². The summed E-state index contributed by atoms with van der Waals surface area (Å²) in [6, 6.07) is 10.9. The van der Waals surface area contributed by atoms with E-state index < -0.39 is 5.97 Å². The third-order valence-corrected chi connectivity index (χ3v) is 3.56. The highest BCUT2D eigenvalue weighted by atomic mass is 35.5. The van der Waals surface area contributed by atoms with Crippen molar-refractivity contribution in [3.05, 3.63) is 70.1 Å². The van der Waals surface area contributed by atoms with Crippen molar-refractivity contribution >= 4 is 28.5 Å². The van der Waals surface area contributed by atoms with Gasteiger partial charge in [0.15, 0.2) is 0 Å². The fourth-order valence-corrected chi connectivity index (χ4v) is 2.59. The number of carboxylic acids is 1. The summed E-state index contributed by atoms with van der Waals surface area (Å²) in [5, 5.41) is 10.7. The summed E-state index contributed by atoms with van der Waals surface area (Å²) in [7, 11) is 0. The third kappa shape index (κ3) is 3.07. The number of nitrogens with zero attached hydrogens (tertiary/aromatic N) is 2. The molecule has 1 N–H and O–H groups in total. The minimum absolute atomic E-state index is 0.257. The number of rotatable bonds is 3. The molecule has 0 radical (unpaired) electrons. The number of fused-ring (bicyclic) bond motifs is 1. The molecule has 5 heteroatoms. The second-order valence-corrected chi connectivity index (χ2v) is 5.59. The average molecular weight is 313 g/mol. The molecule has 4 nitrogen and oxygen atoms in total. The monoisotopic (exact) mass is 312 g/mol. The minimum atomic E-state index is -0.943. The smallest absolute Gasteiger partial charge is 0.335 e. The molecule has 0 bridgehead atoms. The van der Waals surface area contributed by atoms with Crippen LogP contribution in [0.3, 0.4) is 0 Å². The number of carboxylic acid groups (broad SMARTS) is 1. The lowest BCUT2D eigenvalue weighted by Crippen LogP contribution is -2.02. The molecule has 1 aromatic carbocycles. The Hall–Kier alpha value is -2.46. The van der Waals surface area contributed by atoms with E-state index in [0.717, 1.165) is 22.2 Å². The predicted molar refractivity (Wildman–Crippen MR) is 85.5 cm³/mol. The van der Waals surface area contributed by atoms with Gasteiger partial charge >= 0.3 is 5.97 Å². The number of carbonyl (C=O) groups is 1. The molecule has 0 saturated carbocycles. The Labute approximate surface area is 132 Å². The number of pyridine rings is 2. The number of aromatic carboxylic acids is 1. The Morgan fingerprint density at radius 2 is 2.05 bits per heavy atom. The zero-order valence-electron chi connectivity index (χ0n) is 11.9. The van der Waals surface area contributed by atoms with Gasteiger partial charge in [0.05, 0.1) is 16.1 Å². The summed E-state index contributed by atoms with van der Waals surface area (Å²) in [6.07, 6.45) is 2.18. The van der Waals surface area contributed by atoms with Crippen LogP contribution in [0.1, 0.15) is 27.3 Å². The van der Waals surface area contributed by atoms with Crippen molar-refractivity contribution in [1.29, 1.82) is 0 Å². The second kappa shape index (κ2) is 5.73. The van der Waals surface area contributed by atoms with E-state index in [1.54, 1.807) is 25.3 Å². The first-order valence-electron chi connectivity index (χ1n) is 6.76. The van der Waals surface area contributed by atoms with E-state index in [-0.39, 0.29) is 5.56 Å². The van der Waals surface area contributed by atoms with E-state index in [0.29, 0.717) is 17.1 Å². The number of aryl methyl sites for hydroxylation is 1. The third-order valence-electron chi connectivity index (χ3n) is 3.35. The fourth-order valence-electron chi connectivity index (χ4n) is 2.42. The highest BCUT2D eigenvalue weighted by molar-refractivity contribution is 6.31. The molecule has 0 amide bonds. The van der Waals surface area contributed by atoms with Crippen molar-refractivity contribution < 1.29 is 9.90 Å². The molecular weight excluding hydrogens is 300 g/mol. The molecule has 3 aromatic rings. The number of aromatic nitrogens is 2. The highest BCUT2D eigenvalue weighted by Gasteiger charge is 2.08. The minimum Gasteiger partial charge on any atom is -0.478 e. The Balaban J connectivity index is 1.97. The zero-order chi connectivity index (χ0) is 15.7. The number of hydrogen-bond acceptors (Lipinski definition) is 3. The van der Waals surface area contributed by atoms with Crippen LogP contribution in [-0.4, -0.2) is 21.0 Å². The maximum Gasteiger partial charge on any atom is 0.335 e. The molecule has 0 spiro atoms. The molecule has 0 aliphatic heterocycles. The van der Waals surface area contributed by atoms with Crippen molar-refractivity contribution in [1.82, 2.24) is 9.97 Å². The molecule has 3 rings (SSSR count). The van der Waals surface area contributed by atoms with Gasteiger partial charge in [0, 0.05) is 29.4 Å². The quantitative estimate of drug-likeness (QED) is 0.797. The van der Waals surface area contributed by atoms with E-state index in [2.05, 4.69) is 9.97 Å². The van der Waals surface area contributed by atoms with Gasteiger partial charge in [-0.2, -0.15) is 0 Å². The van der Waals surface area contributed by atoms with Crippen molar-refractivity contribution in [2.24, 2.45) is 0 Å². The summed E-state index contributed by atoms with van der Waals surface area (Å²) in [5.41, 5.74) is 3.59. The molecule has 2 heterocycles. The largest absolute Gasteiger partial charge is 0.478 e. The molecule has 0 atom stereocenters. The maximum atomic E-state index is 11.1. The van der Waals surface area contributed by atoms with Gasteiger partial charge in [-0.3, -0.25) is 9.97 Å². The van der Waals surface area contributed by atoms with Crippen molar-refractivity contribution in [2.45, 2.75) is 13.3 Å². The van der Waals surface area contributed by atoms with Crippen LogP contribution in [0.15, 0.2) is 42.6 Å². The van der Waals surface area contributed by atoms with Crippen LogP contribution in [0.2, 0.25) is 5.02 Å². The Bertz CT molecular complexity index is 878. The van der Waals surface area contributed by atoms with Crippen LogP contribution in [0.25, 0.3) is 10.9 Å². The van der Waals surface area contributed by atoms with E-state index in [1.165, 1.54) is 0 Å². The second-order valence-electron chi connectivity index (χ2n) is 5.15. The lowest BCUT2D eigenvalue weighted by atomic mass is 10.0. The van der Waals surface area contributed by atoms with Gasteiger partial charge in [0.1, 0.15) is 0 Å². The molecular formula is C17H13ClN2O2. The van der Waals surface area contributed by atoms with Crippen molar-refractivity contribution in [3.63, 3.8) is 0 Å². The van der Waals surface area contributed by atoms with Gasteiger partial charge in [-0.1, -0.05) is 17.7 Å². The van der Waals surface area contributed by atoms with E-state index in [9.17, 15) is 4.79 Å². The van der Waals surface area contributed by atoms with Gasteiger partial charge in [0.25, 0.3) is 0 Å². The van der Waals surface area contributed by atoms with Gasteiger partial charge in [0.2, 0.25) is 0 Å². The first-order valence-corrected chi connectivity index (χ1v) is 7.14. The van der Waals surface area contributed by atoms with Gasteiger partial charge in [-0.05, 0) is 42.8 Å².